The predicted molar refractivity (Wildman–Crippen MR) is 67.3 cm³/mol. The van der Waals surface area contributed by atoms with Gasteiger partial charge in [-0.1, -0.05) is 0 Å². The largest absolute Gasteiger partial charge is 0.357 e. The highest BCUT2D eigenvalue weighted by atomic mass is 16.6. The molecule has 92 valence electrons. The Balaban J connectivity index is 2.24. The minimum absolute atomic E-state index is 0.0929. The first kappa shape index (κ1) is 11.9. The maximum Gasteiger partial charge on any atom is 0.272 e. The number of aryl methyl sites for hydroxylation is 1. The van der Waals surface area contributed by atoms with Gasteiger partial charge in [0.15, 0.2) is 0 Å². The maximum absolute atomic E-state index is 10.7. The number of hydrogen-bond acceptors (Lipinski definition) is 4. The van der Waals surface area contributed by atoms with Crippen molar-refractivity contribution in [1.82, 2.24) is 5.32 Å². The van der Waals surface area contributed by atoms with Gasteiger partial charge in [0.05, 0.1) is 11.6 Å². The second-order valence-electron chi connectivity index (χ2n) is 5.14. The van der Waals surface area contributed by atoms with Gasteiger partial charge >= 0.3 is 0 Å². The van der Waals surface area contributed by atoms with Crippen LogP contribution in [0.1, 0.15) is 19.4 Å². The van der Waals surface area contributed by atoms with E-state index in [4.69, 9.17) is 0 Å². The quantitative estimate of drug-likeness (QED) is 0.629. The van der Waals surface area contributed by atoms with Crippen molar-refractivity contribution in [3.8, 4) is 0 Å². The maximum atomic E-state index is 10.7. The molecule has 0 aliphatic carbocycles. The highest BCUT2D eigenvalue weighted by molar-refractivity contribution is 5.56. The molecule has 1 fully saturated rings. The van der Waals surface area contributed by atoms with Crippen LogP contribution >= 0.6 is 0 Å². The lowest BCUT2D eigenvalue weighted by molar-refractivity contribution is -0.385. The molecular weight excluding hydrogens is 218 g/mol. The first-order valence-corrected chi connectivity index (χ1v) is 5.64. The summed E-state index contributed by atoms with van der Waals surface area (Å²) in [5.41, 5.74) is 2.01. The number of nitrogens with zero attached hydrogens (tertiary/aromatic N) is 2. The summed E-state index contributed by atoms with van der Waals surface area (Å²) in [6.45, 7) is 7.75. The molecule has 0 spiro atoms. The molecule has 1 aliphatic heterocycles. The molecule has 0 unspecified atom stereocenters. The third-order valence-corrected chi connectivity index (χ3v) is 3.08. The number of nitro groups is 1. The SMILES string of the molecule is Cc1cc(N2CNC(C)(C)C2)ccc1[N+](=O)[O-]. The van der Waals surface area contributed by atoms with Crippen LogP contribution < -0.4 is 10.2 Å². The summed E-state index contributed by atoms with van der Waals surface area (Å²) in [7, 11) is 0. The van der Waals surface area contributed by atoms with Gasteiger partial charge in [-0.3, -0.25) is 15.4 Å². The lowest BCUT2D eigenvalue weighted by atomic mass is 10.1. The van der Waals surface area contributed by atoms with E-state index in [1.165, 1.54) is 0 Å². The van der Waals surface area contributed by atoms with Crippen molar-refractivity contribution < 1.29 is 4.92 Å². The third-order valence-electron chi connectivity index (χ3n) is 3.08. The highest BCUT2D eigenvalue weighted by Gasteiger charge is 2.28. The van der Waals surface area contributed by atoms with Gasteiger partial charge in [-0.2, -0.15) is 0 Å². The number of nitrogens with one attached hydrogen (secondary N) is 1. The standard InChI is InChI=1S/C12H17N3O2/c1-9-6-10(4-5-11(9)15(16)17)14-7-12(2,3)13-8-14/h4-6,13H,7-8H2,1-3H3. The van der Waals surface area contributed by atoms with Gasteiger partial charge in [-0.05, 0) is 32.9 Å². The minimum atomic E-state index is -0.342. The summed E-state index contributed by atoms with van der Waals surface area (Å²) in [6.07, 6.45) is 0. The van der Waals surface area contributed by atoms with E-state index in [-0.39, 0.29) is 16.1 Å². The summed E-state index contributed by atoms with van der Waals surface area (Å²) in [5.74, 6) is 0. The fourth-order valence-corrected chi connectivity index (χ4v) is 2.12. The van der Waals surface area contributed by atoms with E-state index in [1.807, 2.05) is 12.1 Å². The third kappa shape index (κ3) is 2.39. The van der Waals surface area contributed by atoms with Crippen LogP contribution in [-0.2, 0) is 0 Å². The van der Waals surface area contributed by atoms with Gasteiger partial charge in [-0.15, -0.1) is 0 Å². The van der Waals surface area contributed by atoms with Crippen molar-refractivity contribution in [2.45, 2.75) is 26.3 Å². The molecular formula is C12H17N3O2. The second-order valence-corrected chi connectivity index (χ2v) is 5.14. The van der Waals surface area contributed by atoms with Crippen LogP contribution in [0.15, 0.2) is 18.2 Å². The number of anilines is 1. The Kier molecular flexibility index (Phi) is 2.79. The van der Waals surface area contributed by atoms with Crippen molar-refractivity contribution in [1.29, 1.82) is 0 Å². The second kappa shape index (κ2) is 4.00. The highest BCUT2D eigenvalue weighted by Crippen LogP contribution is 2.26. The molecule has 0 radical (unpaired) electrons. The van der Waals surface area contributed by atoms with E-state index in [0.717, 1.165) is 18.9 Å². The minimum Gasteiger partial charge on any atom is -0.357 e. The molecule has 1 aromatic carbocycles. The molecule has 0 amide bonds. The summed E-state index contributed by atoms with van der Waals surface area (Å²) in [5, 5.41) is 14.1. The summed E-state index contributed by atoms with van der Waals surface area (Å²) in [6, 6.07) is 5.27. The molecule has 1 N–H and O–H groups in total. The molecule has 17 heavy (non-hydrogen) atoms. The van der Waals surface area contributed by atoms with Gasteiger partial charge in [0.25, 0.3) is 5.69 Å². The Hall–Kier alpha value is -1.62. The van der Waals surface area contributed by atoms with Crippen LogP contribution in [0.4, 0.5) is 11.4 Å². The average Bonchev–Trinajstić information content (AvgIpc) is 2.58. The van der Waals surface area contributed by atoms with E-state index in [0.29, 0.717) is 5.56 Å². The topological polar surface area (TPSA) is 58.4 Å². The molecule has 0 saturated carbocycles. The number of rotatable bonds is 2. The van der Waals surface area contributed by atoms with Crippen molar-refractivity contribution >= 4 is 11.4 Å². The molecule has 1 aliphatic rings. The van der Waals surface area contributed by atoms with Gasteiger partial charge in [0.1, 0.15) is 0 Å². The smallest absolute Gasteiger partial charge is 0.272 e. The number of benzene rings is 1. The molecule has 1 aromatic rings. The fraction of sp³-hybridized carbons (Fsp3) is 0.500. The van der Waals surface area contributed by atoms with Gasteiger partial charge in [-0.25, -0.2) is 0 Å². The molecule has 2 rings (SSSR count). The summed E-state index contributed by atoms with van der Waals surface area (Å²) in [4.78, 5) is 12.6. The van der Waals surface area contributed by atoms with E-state index >= 15 is 0 Å². The zero-order valence-electron chi connectivity index (χ0n) is 10.4. The van der Waals surface area contributed by atoms with Crippen molar-refractivity contribution in [3.63, 3.8) is 0 Å². The zero-order valence-corrected chi connectivity index (χ0v) is 10.4. The van der Waals surface area contributed by atoms with Gasteiger partial charge in [0.2, 0.25) is 0 Å². The fourth-order valence-electron chi connectivity index (χ4n) is 2.12. The Bertz CT molecular complexity index is 457. The van der Waals surface area contributed by atoms with Crippen LogP contribution in [0.5, 0.6) is 0 Å². The summed E-state index contributed by atoms with van der Waals surface area (Å²) >= 11 is 0. The van der Waals surface area contributed by atoms with E-state index in [9.17, 15) is 10.1 Å². The van der Waals surface area contributed by atoms with Crippen molar-refractivity contribution in [3.05, 3.63) is 33.9 Å². The van der Waals surface area contributed by atoms with Crippen LogP contribution in [-0.4, -0.2) is 23.7 Å². The molecule has 5 heteroatoms. The predicted octanol–water partition coefficient (Wildman–Crippen LogP) is 2.05. The lowest BCUT2D eigenvalue weighted by Crippen LogP contribution is -2.34. The van der Waals surface area contributed by atoms with Crippen LogP contribution in [0.2, 0.25) is 0 Å². The van der Waals surface area contributed by atoms with Crippen LogP contribution in [0, 0.1) is 17.0 Å². The molecule has 0 atom stereocenters. The molecule has 5 nitrogen and oxygen atoms in total. The van der Waals surface area contributed by atoms with Crippen molar-refractivity contribution in [2.24, 2.45) is 0 Å². The van der Waals surface area contributed by atoms with Crippen molar-refractivity contribution in [2.75, 3.05) is 18.1 Å². The van der Waals surface area contributed by atoms with Crippen LogP contribution in [0.25, 0.3) is 0 Å². The first-order valence-electron chi connectivity index (χ1n) is 5.64. The lowest BCUT2D eigenvalue weighted by Gasteiger charge is -2.20. The molecule has 1 saturated heterocycles. The molecule has 1 heterocycles. The van der Waals surface area contributed by atoms with E-state index in [2.05, 4.69) is 24.1 Å². The first-order chi connectivity index (χ1) is 7.89. The van der Waals surface area contributed by atoms with E-state index in [1.54, 1.807) is 13.0 Å². The Labute approximate surface area is 101 Å². The number of hydrogen-bond donors (Lipinski definition) is 1. The van der Waals surface area contributed by atoms with Gasteiger partial charge < -0.3 is 4.90 Å². The zero-order chi connectivity index (χ0) is 12.6. The Morgan fingerprint density at radius 1 is 1.47 bits per heavy atom. The Morgan fingerprint density at radius 2 is 2.18 bits per heavy atom. The average molecular weight is 235 g/mol. The Morgan fingerprint density at radius 3 is 2.65 bits per heavy atom. The molecule has 0 bridgehead atoms. The normalized spacial score (nSPS) is 18.4. The molecule has 0 aromatic heterocycles. The van der Waals surface area contributed by atoms with E-state index < -0.39 is 0 Å². The summed E-state index contributed by atoms with van der Waals surface area (Å²) < 4.78 is 0. The number of nitro benzene ring substituents is 1. The monoisotopic (exact) mass is 235 g/mol. The van der Waals surface area contributed by atoms with Gasteiger partial charge in [0, 0.05) is 29.4 Å². The van der Waals surface area contributed by atoms with Crippen LogP contribution in [0.3, 0.4) is 0 Å².